The Bertz CT molecular complexity index is 834. The van der Waals surface area contributed by atoms with E-state index in [2.05, 4.69) is 15.6 Å². The Morgan fingerprint density at radius 2 is 1.85 bits per heavy atom. The van der Waals surface area contributed by atoms with Crippen LogP contribution in [0.4, 0.5) is 13.9 Å². The summed E-state index contributed by atoms with van der Waals surface area (Å²) in [5.41, 5.74) is 0.173. The molecule has 2 aromatic rings. The molecule has 0 fully saturated rings. The average Bonchev–Trinajstić information content (AvgIpc) is 3.02. The van der Waals surface area contributed by atoms with Gasteiger partial charge in [-0.3, -0.25) is 14.4 Å². The molecule has 6 nitrogen and oxygen atoms in total. The second-order valence-corrected chi connectivity index (χ2v) is 6.97. The summed E-state index contributed by atoms with van der Waals surface area (Å²) >= 11 is 1.04. The van der Waals surface area contributed by atoms with Crippen molar-refractivity contribution in [3.63, 3.8) is 0 Å². The lowest BCUT2D eigenvalue weighted by Gasteiger charge is -2.17. The Balaban J connectivity index is 2.01. The van der Waals surface area contributed by atoms with E-state index in [1.807, 2.05) is 6.92 Å². The van der Waals surface area contributed by atoms with Gasteiger partial charge in [0.1, 0.15) is 17.7 Å². The number of ketones is 1. The van der Waals surface area contributed by atoms with Crippen LogP contribution in [0.5, 0.6) is 0 Å². The van der Waals surface area contributed by atoms with Crippen LogP contribution in [0.15, 0.2) is 24.4 Å². The van der Waals surface area contributed by atoms with Gasteiger partial charge >= 0.3 is 0 Å². The number of Topliss-reactive ketones (excluding diaryl/α,β-unsaturated/α-hetero) is 1. The van der Waals surface area contributed by atoms with Gasteiger partial charge in [0.2, 0.25) is 11.8 Å². The number of anilines is 1. The molecule has 2 amide bonds. The van der Waals surface area contributed by atoms with E-state index in [-0.39, 0.29) is 22.9 Å². The molecule has 0 saturated heterocycles. The molecule has 0 radical (unpaired) electrons. The normalized spacial score (nSPS) is 11.7. The number of thiazole rings is 1. The highest BCUT2D eigenvalue weighted by molar-refractivity contribution is 7.17. The third-order valence-electron chi connectivity index (χ3n) is 3.60. The molecule has 0 spiro atoms. The van der Waals surface area contributed by atoms with Gasteiger partial charge in [-0.25, -0.2) is 13.8 Å². The molecule has 0 bridgehead atoms. The average molecular weight is 395 g/mol. The number of nitrogens with zero attached hydrogens (tertiary/aromatic N) is 1. The fraction of sp³-hybridized carbons (Fsp3) is 0.333. The maximum atomic E-state index is 13.2. The van der Waals surface area contributed by atoms with Crippen LogP contribution >= 0.6 is 11.3 Å². The van der Waals surface area contributed by atoms with Crippen molar-refractivity contribution in [3.8, 4) is 0 Å². The van der Waals surface area contributed by atoms with Gasteiger partial charge in [-0.2, -0.15) is 0 Å². The summed E-state index contributed by atoms with van der Waals surface area (Å²) in [7, 11) is 0. The van der Waals surface area contributed by atoms with Crippen LogP contribution in [0, 0.1) is 11.6 Å². The summed E-state index contributed by atoms with van der Waals surface area (Å²) in [4.78, 5) is 40.3. The maximum absolute atomic E-state index is 13.2. The number of nitrogens with one attached hydrogen (secondary N) is 2. The van der Waals surface area contributed by atoms with E-state index in [1.165, 1.54) is 13.1 Å². The van der Waals surface area contributed by atoms with Crippen molar-refractivity contribution in [2.24, 2.45) is 0 Å². The Labute approximate surface area is 159 Å². The molecule has 0 aliphatic carbocycles. The number of aromatic nitrogens is 1. The van der Waals surface area contributed by atoms with Crippen molar-refractivity contribution in [1.82, 2.24) is 10.3 Å². The Morgan fingerprint density at radius 1 is 1.19 bits per heavy atom. The Morgan fingerprint density at radius 3 is 2.41 bits per heavy atom. The number of amides is 2. The molecular formula is C18H19F2N3O3S. The molecule has 2 rings (SSSR count). The first-order chi connectivity index (χ1) is 12.8. The monoisotopic (exact) mass is 395 g/mol. The van der Waals surface area contributed by atoms with Gasteiger partial charge in [0.05, 0.1) is 17.5 Å². The van der Waals surface area contributed by atoms with Gasteiger partial charge in [0.25, 0.3) is 0 Å². The molecule has 1 unspecified atom stereocenters. The van der Waals surface area contributed by atoms with E-state index in [4.69, 9.17) is 0 Å². The quantitative estimate of drug-likeness (QED) is 0.673. The van der Waals surface area contributed by atoms with Gasteiger partial charge in [0.15, 0.2) is 10.9 Å². The third kappa shape index (κ3) is 6.21. The van der Waals surface area contributed by atoms with E-state index in [0.717, 1.165) is 29.5 Å². The summed E-state index contributed by atoms with van der Waals surface area (Å²) in [6.07, 6.45) is 2.12. The lowest BCUT2D eigenvalue weighted by Crippen LogP contribution is -2.44. The first-order valence-corrected chi connectivity index (χ1v) is 9.12. The zero-order valence-electron chi connectivity index (χ0n) is 14.8. The van der Waals surface area contributed by atoms with E-state index in [0.29, 0.717) is 17.7 Å². The van der Waals surface area contributed by atoms with Crippen LogP contribution in [0.3, 0.4) is 0 Å². The Kier molecular flexibility index (Phi) is 7.12. The molecule has 1 atom stereocenters. The predicted octanol–water partition coefficient (Wildman–Crippen LogP) is 3.09. The molecule has 0 aliphatic heterocycles. The van der Waals surface area contributed by atoms with E-state index in [9.17, 15) is 23.2 Å². The number of rotatable bonds is 8. The van der Waals surface area contributed by atoms with Gasteiger partial charge in [-0.15, -0.1) is 0 Å². The van der Waals surface area contributed by atoms with E-state index < -0.39 is 29.5 Å². The number of hydrogen-bond acceptors (Lipinski definition) is 5. The first-order valence-electron chi connectivity index (χ1n) is 8.30. The minimum Gasteiger partial charge on any atom is -0.344 e. The highest BCUT2D eigenvalue weighted by atomic mass is 32.1. The summed E-state index contributed by atoms with van der Waals surface area (Å²) in [6, 6.07) is 2.02. The van der Waals surface area contributed by atoms with Gasteiger partial charge in [0, 0.05) is 13.0 Å². The summed E-state index contributed by atoms with van der Waals surface area (Å²) < 4.78 is 26.5. The predicted molar refractivity (Wildman–Crippen MR) is 97.6 cm³/mol. The molecule has 144 valence electrons. The molecule has 0 aliphatic rings. The van der Waals surface area contributed by atoms with Crippen LogP contribution in [0.2, 0.25) is 0 Å². The number of halogens is 2. The number of hydrogen-bond donors (Lipinski definition) is 2. The standard InChI is InChI=1S/C18H19F2N3O3S/c1-3-4-14(17(26)23-18-21-9-15(27-18)10(2)24)22-16(25)7-11-5-12(19)8-13(20)6-11/h5-6,8-9,14H,3-4,7H2,1-2H3,(H,22,25)(H,21,23,26). The van der Waals surface area contributed by atoms with Crippen LogP contribution in [0.25, 0.3) is 0 Å². The fourth-order valence-electron chi connectivity index (χ4n) is 2.39. The van der Waals surface area contributed by atoms with E-state index in [1.54, 1.807) is 0 Å². The first kappa shape index (κ1) is 20.6. The van der Waals surface area contributed by atoms with Crippen LogP contribution in [-0.4, -0.2) is 28.6 Å². The van der Waals surface area contributed by atoms with Crippen LogP contribution < -0.4 is 10.6 Å². The molecule has 1 heterocycles. The summed E-state index contributed by atoms with van der Waals surface area (Å²) in [5.74, 6) is -2.71. The number of carbonyl (C=O) groups excluding carboxylic acids is 3. The Hall–Kier alpha value is -2.68. The highest BCUT2D eigenvalue weighted by Gasteiger charge is 2.21. The lowest BCUT2D eigenvalue weighted by molar-refractivity contribution is -0.126. The van der Waals surface area contributed by atoms with Crippen LogP contribution in [0.1, 0.15) is 41.9 Å². The number of benzene rings is 1. The SMILES string of the molecule is CCCC(NC(=O)Cc1cc(F)cc(F)c1)C(=O)Nc1ncc(C(C)=O)s1. The fourth-order valence-corrected chi connectivity index (χ4v) is 3.10. The smallest absolute Gasteiger partial charge is 0.248 e. The van der Waals surface area contributed by atoms with Crippen molar-refractivity contribution < 1.29 is 23.2 Å². The lowest BCUT2D eigenvalue weighted by atomic mass is 10.1. The van der Waals surface area contributed by atoms with Gasteiger partial charge in [-0.05, 0) is 24.1 Å². The second-order valence-electron chi connectivity index (χ2n) is 5.94. The molecule has 2 N–H and O–H groups in total. The molecule has 0 saturated carbocycles. The molecule has 27 heavy (non-hydrogen) atoms. The largest absolute Gasteiger partial charge is 0.344 e. The zero-order valence-corrected chi connectivity index (χ0v) is 15.7. The molecule has 1 aromatic heterocycles. The van der Waals surface area contributed by atoms with Gasteiger partial charge in [-0.1, -0.05) is 24.7 Å². The summed E-state index contributed by atoms with van der Waals surface area (Å²) in [6.45, 7) is 3.25. The topological polar surface area (TPSA) is 88.2 Å². The minimum atomic E-state index is -0.828. The zero-order chi connectivity index (χ0) is 20.0. The van der Waals surface area contributed by atoms with E-state index >= 15 is 0 Å². The third-order valence-corrected chi connectivity index (χ3v) is 4.61. The van der Waals surface area contributed by atoms with Gasteiger partial charge < -0.3 is 10.6 Å². The summed E-state index contributed by atoms with van der Waals surface area (Å²) in [5, 5.41) is 5.40. The minimum absolute atomic E-state index is 0.159. The van der Waals surface area contributed by atoms with Crippen molar-refractivity contribution in [2.45, 2.75) is 39.2 Å². The molecular weight excluding hydrogens is 376 g/mol. The maximum Gasteiger partial charge on any atom is 0.248 e. The molecule has 1 aromatic carbocycles. The van der Waals surface area contributed by atoms with Crippen molar-refractivity contribution >= 4 is 34.1 Å². The molecule has 9 heteroatoms. The second kappa shape index (κ2) is 9.31. The van der Waals surface area contributed by atoms with Crippen molar-refractivity contribution in [3.05, 3.63) is 46.5 Å². The number of carbonyl (C=O) groups is 3. The van der Waals surface area contributed by atoms with Crippen molar-refractivity contribution in [2.75, 3.05) is 5.32 Å². The van der Waals surface area contributed by atoms with Crippen molar-refractivity contribution in [1.29, 1.82) is 0 Å². The highest BCUT2D eigenvalue weighted by Crippen LogP contribution is 2.19. The van der Waals surface area contributed by atoms with Crippen LogP contribution in [-0.2, 0) is 16.0 Å².